The van der Waals surface area contributed by atoms with E-state index in [-0.39, 0.29) is 24.4 Å². The molecule has 0 radical (unpaired) electrons. The molecule has 42 heavy (non-hydrogen) atoms. The first-order valence-corrected chi connectivity index (χ1v) is 14.8. The van der Waals surface area contributed by atoms with Crippen LogP contribution in [0.15, 0.2) is 57.5 Å². The highest BCUT2D eigenvalue weighted by Gasteiger charge is 2.34. The van der Waals surface area contributed by atoms with Crippen LogP contribution in [0.5, 0.6) is 23.0 Å². The van der Waals surface area contributed by atoms with Gasteiger partial charge in [-0.15, -0.1) is 0 Å². The topological polar surface area (TPSA) is 97.6 Å². The molecule has 0 saturated carbocycles. The van der Waals surface area contributed by atoms with Crippen LogP contribution in [-0.2, 0) is 9.53 Å². The maximum atomic E-state index is 14.0. The van der Waals surface area contributed by atoms with Crippen molar-refractivity contribution in [3.63, 3.8) is 0 Å². The van der Waals surface area contributed by atoms with Crippen LogP contribution < -0.4 is 33.8 Å². The highest BCUT2D eigenvalue weighted by molar-refractivity contribution is 7.07. The van der Waals surface area contributed by atoms with Gasteiger partial charge in [0.25, 0.3) is 5.56 Å². The van der Waals surface area contributed by atoms with Gasteiger partial charge >= 0.3 is 5.97 Å². The van der Waals surface area contributed by atoms with Crippen LogP contribution >= 0.6 is 11.3 Å². The molecule has 1 aromatic heterocycles. The van der Waals surface area contributed by atoms with Gasteiger partial charge in [0.2, 0.25) is 0 Å². The lowest BCUT2D eigenvalue weighted by atomic mass is 9.95. The monoisotopic (exact) mass is 594 g/mol. The van der Waals surface area contributed by atoms with E-state index in [9.17, 15) is 9.59 Å². The molecule has 0 bridgehead atoms. The van der Waals surface area contributed by atoms with Crippen molar-refractivity contribution in [1.29, 1.82) is 0 Å². The molecule has 2 heterocycles. The van der Waals surface area contributed by atoms with Crippen molar-refractivity contribution in [2.24, 2.45) is 4.99 Å². The van der Waals surface area contributed by atoms with Crippen molar-refractivity contribution in [1.82, 2.24) is 4.57 Å². The van der Waals surface area contributed by atoms with Crippen LogP contribution in [0, 0.1) is 0 Å². The Morgan fingerprint density at radius 2 is 1.67 bits per heavy atom. The molecule has 10 heteroatoms. The van der Waals surface area contributed by atoms with Gasteiger partial charge in [-0.3, -0.25) is 9.36 Å². The van der Waals surface area contributed by atoms with Gasteiger partial charge < -0.3 is 23.7 Å². The molecule has 0 fully saturated rings. The van der Waals surface area contributed by atoms with Crippen molar-refractivity contribution in [3.05, 3.63) is 78.5 Å². The second-order valence-corrected chi connectivity index (χ2v) is 11.1. The molecule has 2 aromatic carbocycles. The number of hydrogen-bond acceptors (Lipinski definition) is 9. The molecule has 0 N–H and O–H groups in total. The molecule has 1 aliphatic heterocycles. The molecule has 0 unspecified atom stereocenters. The Balaban J connectivity index is 1.88. The maximum Gasteiger partial charge on any atom is 0.338 e. The van der Waals surface area contributed by atoms with E-state index < -0.39 is 12.0 Å². The highest BCUT2D eigenvalue weighted by atomic mass is 32.1. The Kier molecular flexibility index (Phi) is 9.78. The number of esters is 1. The van der Waals surface area contributed by atoms with Crippen molar-refractivity contribution in [3.8, 4) is 23.0 Å². The molecule has 0 aliphatic carbocycles. The number of nitrogens with zero attached hydrogens (tertiary/aromatic N) is 2. The number of allylic oxidation sites excluding steroid dienone is 1. The standard InChI is InChI=1S/C32H38N2O7S/c1-9-19(5)41-24-13-11-21(15-25(24)37-7)16-27-30(35)34-29(22-12-14-23(40-18(3)4)26(17-22)38-8)28(31(36)39-10-2)20(6)33-32(34)42-27/h11-19,29H,9-10H2,1-8H3/b27-16-/t19-,29+/m0/s1. The van der Waals surface area contributed by atoms with Crippen LogP contribution in [0.2, 0.25) is 0 Å². The number of carbonyl (C=O) groups excluding carboxylic acids is 1. The van der Waals surface area contributed by atoms with Crippen LogP contribution in [0.4, 0.5) is 0 Å². The minimum absolute atomic E-state index is 0.0369. The number of carbonyl (C=O) groups is 1. The smallest absolute Gasteiger partial charge is 0.338 e. The fraction of sp³-hybridized carbons (Fsp3) is 0.406. The first-order chi connectivity index (χ1) is 20.1. The molecule has 2 atom stereocenters. The molecule has 224 valence electrons. The summed E-state index contributed by atoms with van der Waals surface area (Å²) in [6, 6.07) is 10.2. The van der Waals surface area contributed by atoms with E-state index in [0.717, 1.165) is 12.0 Å². The van der Waals surface area contributed by atoms with Gasteiger partial charge in [-0.1, -0.05) is 30.4 Å². The van der Waals surface area contributed by atoms with Gasteiger partial charge in [0, 0.05) is 0 Å². The van der Waals surface area contributed by atoms with Gasteiger partial charge in [0.15, 0.2) is 27.8 Å². The summed E-state index contributed by atoms with van der Waals surface area (Å²) < 4.78 is 30.5. The Hall–Kier alpha value is -4.05. The maximum absolute atomic E-state index is 14.0. The average molecular weight is 595 g/mol. The lowest BCUT2D eigenvalue weighted by molar-refractivity contribution is -0.139. The van der Waals surface area contributed by atoms with E-state index in [1.165, 1.54) is 11.3 Å². The van der Waals surface area contributed by atoms with E-state index in [1.807, 2.05) is 45.0 Å². The van der Waals surface area contributed by atoms with Crippen molar-refractivity contribution >= 4 is 23.4 Å². The van der Waals surface area contributed by atoms with Crippen molar-refractivity contribution in [2.75, 3.05) is 20.8 Å². The predicted octanol–water partition coefficient (Wildman–Crippen LogP) is 4.78. The van der Waals surface area contributed by atoms with Gasteiger partial charge in [-0.25, -0.2) is 9.79 Å². The fourth-order valence-corrected chi connectivity index (χ4v) is 5.68. The number of methoxy groups -OCH3 is 2. The number of fused-ring (bicyclic) bond motifs is 1. The fourth-order valence-electron chi connectivity index (χ4n) is 4.64. The lowest BCUT2D eigenvalue weighted by Crippen LogP contribution is -2.40. The molecule has 0 spiro atoms. The molecular weight excluding hydrogens is 556 g/mol. The number of ether oxygens (including phenoxy) is 5. The molecule has 0 amide bonds. The van der Waals surface area contributed by atoms with E-state index in [1.54, 1.807) is 50.8 Å². The Morgan fingerprint density at radius 3 is 2.31 bits per heavy atom. The van der Waals surface area contributed by atoms with Crippen molar-refractivity contribution < 1.29 is 28.5 Å². The lowest BCUT2D eigenvalue weighted by Gasteiger charge is -2.25. The predicted molar refractivity (Wildman–Crippen MR) is 163 cm³/mol. The summed E-state index contributed by atoms with van der Waals surface area (Å²) in [7, 11) is 3.14. The Labute approximate surface area is 249 Å². The number of aromatic nitrogens is 1. The molecule has 0 saturated heterocycles. The number of benzene rings is 2. The highest BCUT2D eigenvalue weighted by Crippen LogP contribution is 2.36. The minimum Gasteiger partial charge on any atom is -0.493 e. The zero-order valence-corrected chi connectivity index (χ0v) is 26.2. The van der Waals surface area contributed by atoms with Crippen molar-refractivity contribution in [2.45, 2.75) is 66.2 Å². The number of rotatable bonds is 11. The third kappa shape index (κ3) is 6.38. The summed E-state index contributed by atoms with van der Waals surface area (Å²) in [6.45, 7) is 11.6. The summed E-state index contributed by atoms with van der Waals surface area (Å²) in [5, 5.41) is 0. The summed E-state index contributed by atoms with van der Waals surface area (Å²) in [4.78, 5) is 32.4. The SMILES string of the molecule is CCOC(=O)C1=C(C)N=c2s/c(=C\c3ccc(O[C@@H](C)CC)c(OC)c3)c(=O)n2[C@@H]1c1ccc(OC(C)C)c(OC)c1. The Morgan fingerprint density at radius 1 is 1.00 bits per heavy atom. The summed E-state index contributed by atoms with van der Waals surface area (Å²) >= 11 is 1.25. The summed E-state index contributed by atoms with van der Waals surface area (Å²) in [6.07, 6.45) is 2.63. The first kappa shape index (κ1) is 30.9. The van der Waals surface area contributed by atoms with Crippen LogP contribution in [0.3, 0.4) is 0 Å². The number of hydrogen-bond donors (Lipinski definition) is 0. The molecule has 9 nitrogen and oxygen atoms in total. The summed E-state index contributed by atoms with van der Waals surface area (Å²) in [5.41, 5.74) is 1.94. The quantitative estimate of drug-likeness (QED) is 0.295. The van der Waals surface area contributed by atoms with Gasteiger partial charge in [0.1, 0.15) is 0 Å². The molecule has 3 aromatic rings. The number of thiazole rings is 1. The minimum atomic E-state index is -0.773. The van der Waals surface area contributed by atoms with E-state index >= 15 is 0 Å². The zero-order valence-electron chi connectivity index (χ0n) is 25.3. The third-order valence-electron chi connectivity index (χ3n) is 6.77. The molecular formula is C32H38N2O7S. The van der Waals surface area contributed by atoms with Crippen LogP contribution in [0.1, 0.15) is 65.1 Å². The second-order valence-electron chi connectivity index (χ2n) is 10.1. The van der Waals surface area contributed by atoms with E-state index in [4.69, 9.17) is 23.7 Å². The average Bonchev–Trinajstić information content (AvgIpc) is 3.26. The van der Waals surface area contributed by atoms with Crippen LogP contribution in [-0.4, -0.2) is 43.6 Å². The van der Waals surface area contributed by atoms with Gasteiger partial charge in [-0.2, -0.15) is 0 Å². The largest absolute Gasteiger partial charge is 0.493 e. The molecule has 4 rings (SSSR count). The van der Waals surface area contributed by atoms with Crippen LogP contribution in [0.25, 0.3) is 6.08 Å². The second kappa shape index (κ2) is 13.3. The third-order valence-corrected chi connectivity index (χ3v) is 7.75. The molecule has 1 aliphatic rings. The van der Waals surface area contributed by atoms with E-state index in [0.29, 0.717) is 49.2 Å². The van der Waals surface area contributed by atoms with Gasteiger partial charge in [-0.05, 0) is 82.5 Å². The summed E-state index contributed by atoms with van der Waals surface area (Å²) in [5.74, 6) is 1.75. The normalized spacial score (nSPS) is 15.6. The van der Waals surface area contributed by atoms with E-state index in [2.05, 4.69) is 11.9 Å². The van der Waals surface area contributed by atoms with Gasteiger partial charge in [0.05, 0.1) is 54.9 Å². The first-order valence-electron chi connectivity index (χ1n) is 14.0. The Bertz CT molecular complexity index is 1670. The zero-order chi connectivity index (χ0) is 30.6.